The van der Waals surface area contributed by atoms with Gasteiger partial charge >= 0.3 is 0 Å². The van der Waals surface area contributed by atoms with Gasteiger partial charge in [-0.2, -0.15) is 0 Å². The summed E-state index contributed by atoms with van der Waals surface area (Å²) in [6.07, 6.45) is 5.62. The van der Waals surface area contributed by atoms with E-state index in [0.29, 0.717) is 6.61 Å². The molecule has 0 aliphatic heterocycles. The summed E-state index contributed by atoms with van der Waals surface area (Å²) in [5.41, 5.74) is 13.7. The molecule has 0 fully saturated rings. The Bertz CT molecular complexity index is 1670. The van der Waals surface area contributed by atoms with Gasteiger partial charge in [0.15, 0.2) is 0 Å². The highest BCUT2D eigenvalue weighted by molar-refractivity contribution is 5.82. The zero-order valence-corrected chi connectivity index (χ0v) is 24.0. The Morgan fingerprint density at radius 1 is 0.610 bits per heavy atom. The molecule has 41 heavy (non-hydrogen) atoms. The summed E-state index contributed by atoms with van der Waals surface area (Å²) >= 11 is 0. The quantitative estimate of drug-likeness (QED) is 0.184. The lowest BCUT2D eigenvalue weighted by Crippen LogP contribution is -2.31. The zero-order valence-electron chi connectivity index (χ0n) is 24.0. The SMILES string of the molecule is C=Cc1ccc(CC2(Cc3ccc(C=C)cc3)c3ccccc3-c3ccc(COc4cc(C)ccc4C)cc32)cc1. The van der Waals surface area contributed by atoms with Gasteiger partial charge in [0.1, 0.15) is 12.4 Å². The standard InChI is InChI=1S/C40H36O/c1-5-30-13-17-32(18-14-30)25-40(26-33-19-15-31(6-2)16-20-33)37-10-8-7-9-35(37)36-22-21-34(24-38(36)40)27-41-39-23-28(3)11-12-29(39)4/h5-24H,1-2,25-27H2,3-4H3. The zero-order chi connectivity index (χ0) is 28.4. The molecule has 1 aliphatic rings. The van der Waals surface area contributed by atoms with Crippen LogP contribution < -0.4 is 4.74 Å². The van der Waals surface area contributed by atoms with Gasteiger partial charge in [-0.15, -0.1) is 0 Å². The van der Waals surface area contributed by atoms with E-state index in [9.17, 15) is 0 Å². The number of aryl methyl sites for hydroxylation is 2. The van der Waals surface area contributed by atoms with Gasteiger partial charge in [0, 0.05) is 5.41 Å². The Morgan fingerprint density at radius 3 is 1.83 bits per heavy atom. The highest BCUT2D eigenvalue weighted by atomic mass is 16.5. The van der Waals surface area contributed by atoms with Gasteiger partial charge in [0.25, 0.3) is 0 Å². The topological polar surface area (TPSA) is 9.23 Å². The van der Waals surface area contributed by atoms with Crippen molar-refractivity contribution in [2.24, 2.45) is 0 Å². The van der Waals surface area contributed by atoms with Crippen LogP contribution in [-0.2, 0) is 24.9 Å². The van der Waals surface area contributed by atoms with Gasteiger partial charge in [-0.05, 0) is 94.0 Å². The fourth-order valence-electron chi connectivity index (χ4n) is 6.30. The number of hydrogen-bond acceptors (Lipinski definition) is 1. The van der Waals surface area contributed by atoms with Crippen LogP contribution in [-0.4, -0.2) is 0 Å². The third kappa shape index (κ3) is 5.16. The molecule has 0 atom stereocenters. The van der Waals surface area contributed by atoms with E-state index < -0.39 is 0 Å². The first-order chi connectivity index (χ1) is 20.0. The van der Waals surface area contributed by atoms with E-state index in [-0.39, 0.29) is 5.41 Å². The Kier molecular flexibility index (Phi) is 7.20. The molecule has 0 spiro atoms. The summed E-state index contributed by atoms with van der Waals surface area (Å²) in [6, 6.07) is 40.0. The molecule has 5 aromatic rings. The molecule has 0 bridgehead atoms. The molecule has 0 N–H and O–H groups in total. The second kappa shape index (κ2) is 11.1. The molecule has 1 heteroatoms. The maximum Gasteiger partial charge on any atom is 0.122 e. The smallest absolute Gasteiger partial charge is 0.122 e. The molecular weight excluding hydrogens is 496 g/mol. The van der Waals surface area contributed by atoms with E-state index in [2.05, 4.69) is 136 Å². The van der Waals surface area contributed by atoms with Crippen LogP contribution in [0.5, 0.6) is 5.75 Å². The highest BCUT2D eigenvalue weighted by Crippen LogP contribution is 2.52. The lowest BCUT2D eigenvalue weighted by molar-refractivity contribution is 0.303. The van der Waals surface area contributed by atoms with Gasteiger partial charge in [0.05, 0.1) is 0 Å². The number of rotatable bonds is 9. The molecule has 0 heterocycles. The normalized spacial score (nSPS) is 12.8. The first-order valence-electron chi connectivity index (χ1n) is 14.4. The van der Waals surface area contributed by atoms with Crippen LogP contribution in [0, 0.1) is 13.8 Å². The van der Waals surface area contributed by atoms with Crippen LogP contribution in [0.2, 0.25) is 0 Å². The van der Waals surface area contributed by atoms with E-state index in [1.807, 2.05) is 12.2 Å². The first-order valence-corrected chi connectivity index (χ1v) is 14.4. The van der Waals surface area contributed by atoms with Gasteiger partial charge in [0.2, 0.25) is 0 Å². The lowest BCUT2D eigenvalue weighted by Gasteiger charge is -2.33. The molecule has 0 unspecified atom stereocenters. The third-order valence-corrected chi connectivity index (χ3v) is 8.51. The van der Waals surface area contributed by atoms with Crippen LogP contribution >= 0.6 is 0 Å². The molecule has 202 valence electrons. The second-order valence-electron chi connectivity index (χ2n) is 11.3. The molecule has 0 amide bonds. The van der Waals surface area contributed by atoms with Crippen molar-refractivity contribution >= 4 is 12.2 Å². The molecule has 6 rings (SSSR count). The maximum absolute atomic E-state index is 6.38. The predicted molar refractivity (Wildman–Crippen MR) is 173 cm³/mol. The van der Waals surface area contributed by atoms with E-state index in [1.54, 1.807) is 0 Å². The van der Waals surface area contributed by atoms with E-state index in [0.717, 1.165) is 35.3 Å². The molecule has 0 radical (unpaired) electrons. The Morgan fingerprint density at radius 2 is 1.20 bits per heavy atom. The van der Waals surface area contributed by atoms with Crippen molar-refractivity contribution in [2.75, 3.05) is 0 Å². The number of fused-ring (bicyclic) bond motifs is 3. The van der Waals surface area contributed by atoms with Crippen LogP contribution in [0.15, 0.2) is 122 Å². The van der Waals surface area contributed by atoms with E-state index in [4.69, 9.17) is 4.74 Å². The van der Waals surface area contributed by atoms with Crippen LogP contribution in [0.4, 0.5) is 0 Å². The average Bonchev–Trinajstić information content (AvgIpc) is 3.27. The van der Waals surface area contributed by atoms with E-state index in [1.165, 1.54) is 44.5 Å². The molecular formula is C40H36O. The highest BCUT2D eigenvalue weighted by Gasteiger charge is 2.43. The van der Waals surface area contributed by atoms with Gasteiger partial charge in [-0.25, -0.2) is 0 Å². The predicted octanol–water partition coefficient (Wildman–Crippen LogP) is 9.92. The van der Waals surface area contributed by atoms with Gasteiger partial charge < -0.3 is 4.74 Å². The fraction of sp³-hybridized carbons (Fsp3) is 0.150. The van der Waals surface area contributed by atoms with Crippen molar-refractivity contribution in [3.05, 3.63) is 172 Å². The first kappa shape index (κ1) is 26.6. The van der Waals surface area contributed by atoms with Crippen molar-refractivity contribution in [3.8, 4) is 16.9 Å². The number of ether oxygens (including phenoxy) is 1. The van der Waals surface area contributed by atoms with Crippen LogP contribution in [0.1, 0.15) is 50.1 Å². The minimum atomic E-state index is -0.216. The number of benzene rings is 5. The summed E-state index contributed by atoms with van der Waals surface area (Å²) in [5.74, 6) is 0.949. The van der Waals surface area contributed by atoms with Crippen LogP contribution in [0.25, 0.3) is 23.3 Å². The largest absolute Gasteiger partial charge is 0.489 e. The minimum absolute atomic E-state index is 0.216. The maximum atomic E-state index is 6.38. The molecule has 0 saturated carbocycles. The number of hydrogen-bond donors (Lipinski definition) is 0. The lowest BCUT2D eigenvalue weighted by atomic mass is 9.69. The van der Waals surface area contributed by atoms with Crippen molar-refractivity contribution < 1.29 is 4.74 Å². The monoisotopic (exact) mass is 532 g/mol. The van der Waals surface area contributed by atoms with Crippen molar-refractivity contribution in [1.29, 1.82) is 0 Å². The fourth-order valence-corrected chi connectivity index (χ4v) is 6.30. The Hall–Kier alpha value is -4.62. The van der Waals surface area contributed by atoms with Gasteiger partial charge in [-0.3, -0.25) is 0 Å². The van der Waals surface area contributed by atoms with Crippen molar-refractivity contribution in [1.82, 2.24) is 0 Å². The summed E-state index contributed by atoms with van der Waals surface area (Å²) < 4.78 is 6.38. The van der Waals surface area contributed by atoms with E-state index >= 15 is 0 Å². The van der Waals surface area contributed by atoms with Gasteiger partial charge in [-0.1, -0.05) is 128 Å². The molecule has 1 nitrogen and oxygen atoms in total. The third-order valence-electron chi connectivity index (χ3n) is 8.51. The summed E-state index contributed by atoms with van der Waals surface area (Å²) in [6.45, 7) is 12.6. The summed E-state index contributed by atoms with van der Waals surface area (Å²) in [7, 11) is 0. The average molecular weight is 533 g/mol. The van der Waals surface area contributed by atoms with Crippen molar-refractivity contribution in [3.63, 3.8) is 0 Å². The summed E-state index contributed by atoms with van der Waals surface area (Å²) in [5, 5.41) is 0. The molecule has 5 aromatic carbocycles. The molecule has 0 aromatic heterocycles. The minimum Gasteiger partial charge on any atom is -0.489 e. The second-order valence-corrected chi connectivity index (χ2v) is 11.3. The molecule has 0 saturated heterocycles. The Balaban J connectivity index is 1.46. The van der Waals surface area contributed by atoms with Crippen molar-refractivity contribution in [2.45, 2.75) is 38.7 Å². The Labute approximate surface area is 244 Å². The molecule has 1 aliphatic carbocycles. The van der Waals surface area contributed by atoms with Crippen LogP contribution in [0.3, 0.4) is 0 Å². The summed E-state index contributed by atoms with van der Waals surface area (Å²) in [4.78, 5) is 0.